The maximum absolute atomic E-state index is 13.0. The van der Waals surface area contributed by atoms with E-state index in [1.165, 1.54) is 11.8 Å². The minimum Gasteiger partial charge on any atom is -0.293 e. The number of carbonyl (C=O) groups excluding carboxylic acids is 1. The van der Waals surface area contributed by atoms with Crippen molar-refractivity contribution in [3.8, 4) is 0 Å². The highest BCUT2D eigenvalue weighted by Crippen LogP contribution is 2.15. The molecule has 0 atom stereocenters. The summed E-state index contributed by atoms with van der Waals surface area (Å²) >= 11 is 1.19. The fourth-order valence-corrected chi connectivity index (χ4v) is 1.36. The van der Waals surface area contributed by atoms with Crippen LogP contribution in [0, 0.1) is 17.5 Å². The molecular formula is C9H7F3OS. The van der Waals surface area contributed by atoms with Gasteiger partial charge in [0.15, 0.2) is 17.4 Å². The van der Waals surface area contributed by atoms with Gasteiger partial charge in [0.1, 0.15) is 5.82 Å². The van der Waals surface area contributed by atoms with Crippen molar-refractivity contribution < 1.29 is 18.0 Å². The van der Waals surface area contributed by atoms with E-state index in [1.807, 2.05) is 0 Å². The van der Waals surface area contributed by atoms with Crippen LogP contribution in [0.15, 0.2) is 12.1 Å². The average Bonchev–Trinajstić information content (AvgIpc) is 2.11. The van der Waals surface area contributed by atoms with Crippen molar-refractivity contribution in [2.24, 2.45) is 0 Å². The quantitative estimate of drug-likeness (QED) is 0.575. The van der Waals surface area contributed by atoms with Crippen LogP contribution in [-0.2, 0) is 0 Å². The number of hydrogen-bond acceptors (Lipinski definition) is 2. The molecule has 0 saturated heterocycles. The second-order valence-corrected chi connectivity index (χ2v) is 3.47. The minimum atomic E-state index is -1.29. The highest BCUT2D eigenvalue weighted by molar-refractivity contribution is 7.99. The molecule has 0 spiro atoms. The Morgan fingerprint density at radius 3 is 2.36 bits per heavy atom. The molecule has 0 amide bonds. The minimum absolute atomic E-state index is 0.0436. The van der Waals surface area contributed by atoms with Crippen LogP contribution in [0.1, 0.15) is 10.4 Å². The molecule has 0 aromatic heterocycles. The second kappa shape index (κ2) is 4.50. The van der Waals surface area contributed by atoms with E-state index in [0.717, 1.165) is 0 Å². The van der Waals surface area contributed by atoms with Crippen LogP contribution in [0.5, 0.6) is 0 Å². The molecular weight excluding hydrogens is 213 g/mol. The van der Waals surface area contributed by atoms with E-state index in [-0.39, 0.29) is 5.75 Å². The van der Waals surface area contributed by atoms with Crippen molar-refractivity contribution in [3.05, 3.63) is 35.1 Å². The van der Waals surface area contributed by atoms with Gasteiger partial charge in [-0.05, 0) is 12.3 Å². The number of rotatable bonds is 3. The van der Waals surface area contributed by atoms with E-state index < -0.39 is 28.8 Å². The zero-order chi connectivity index (χ0) is 10.7. The smallest absolute Gasteiger partial charge is 0.175 e. The number of Topliss-reactive ketones (excluding diaryl/α,β-unsaturated/α-hetero) is 1. The molecule has 1 aromatic rings. The molecule has 0 aliphatic heterocycles. The lowest BCUT2D eigenvalue weighted by Crippen LogP contribution is -2.06. The van der Waals surface area contributed by atoms with Crippen molar-refractivity contribution in [1.82, 2.24) is 0 Å². The molecule has 76 valence electrons. The molecule has 5 heteroatoms. The molecule has 0 radical (unpaired) electrons. The maximum atomic E-state index is 13.0. The van der Waals surface area contributed by atoms with E-state index in [4.69, 9.17) is 0 Å². The lowest BCUT2D eigenvalue weighted by molar-refractivity contribution is 0.101. The zero-order valence-corrected chi connectivity index (χ0v) is 8.13. The van der Waals surface area contributed by atoms with Crippen molar-refractivity contribution in [3.63, 3.8) is 0 Å². The Labute approximate surface area is 83.3 Å². The summed E-state index contributed by atoms with van der Waals surface area (Å²) in [5.74, 6) is -4.03. The lowest BCUT2D eigenvalue weighted by atomic mass is 10.1. The van der Waals surface area contributed by atoms with E-state index in [2.05, 4.69) is 0 Å². The predicted molar refractivity (Wildman–Crippen MR) is 49.0 cm³/mol. The van der Waals surface area contributed by atoms with Crippen molar-refractivity contribution in [2.75, 3.05) is 12.0 Å². The fourth-order valence-electron chi connectivity index (χ4n) is 0.945. The third kappa shape index (κ3) is 2.29. The molecule has 0 fully saturated rings. The van der Waals surface area contributed by atoms with Crippen LogP contribution < -0.4 is 0 Å². The van der Waals surface area contributed by atoms with Gasteiger partial charge in [0.2, 0.25) is 0 Å². The van der Waals surface area contributed by atoms with Gasteiger partial charge in [0.25, 0.3) is 0 Å². The number of thioether (sulfide) groups is 1. The monoisotopic (exact) mass is 220 g/mol. The predicted octanol–water partition coefficient (Wildman–Crippen LogP) is 2.65. The molecule has 0 bridgehead atoms. The summed E-state index contributed by atoms with van der Waals surface area (Å²) in [5, 5.41) is 0. The topological polar surface area (TPSA) is 17.1 Å². The molecule has 14 heavy (non-hydrogen) atoms. The van der Waals surface area contributed by atoms with E-state index in [0.29, 0.717) is 12.1 Å². The van der Waals surface area contributed by atoms with Crippen LogP contribution in [0.2, 0.25) is 0 Å². The first-order chi connectivity index (χ1) is 6.56. The van der Waals surface area contributed by atoms with E-state index in [1.54, 1.807) is 6.26 Å². The Morgan fingerprint density at radius 1 is 1.21 bits per heavy atom. The van der Waals surface area contributed by atoms with Crippen molar-refractivity contribution in [2.45, 2.75) is 0 Å². The highest BCUT2D eigenvalue weighted by atomic mass is 32.2. The van der Waals surface area contributed by atoms with Crippen LogP contribution in [0.3, 0.4) is 0 Å². The summed E-state index contributed by atoms with van der Waals surface area (Å²) in [7, 11) is 0. The van der Waals surface area contributed by atoms with E-state index >= 15 is 0 Å². The van der Waals surface area contributed by atoms with E-state index in [9.17, 15) is 18.0 Å². The fraction of sp³-hybridized carbons (Fsp3) is 0.222. The van der Waals surface area contributed by atoms with Crippen LogP contribution in [0.25, 0.3) is 0 Å². The third-order valence-electron chi connectivity index (χ3n) is 1.59. The summed E-state index contributed by atoms with van der Waals surface area (Å²) in [6.07, 6.45) is 1.66. The number of benzene rings is 1. The molecule has 0 saturated carbocycles. The summed E-state index contributed by atoms with van der Waals surface area (Å²) in [6, 6.07) is 0.964. The molecule has 1 aromatic carbocycles. The van der Waals surface area contributed by atoms with Gasteiger partial charge in [-0.25, -0.2) is 13.2 Å². The first kappa shape index (κ1) is 11.1. The summed E-state index contributed by atoms with van der Waals surface area (Å²) < 4.78 is 38.1. The van der Waals surface area contributed by atoms with Crippen molar-refractivity contribution in [1.29, 1.82) is 0 Å². The zero-order valence-electron chi connectivity index (χ0n) is 7.31. The highest BCUT2D eigenvalue weighted by Gasteiger charge is 2.15. The molecule has 0 aliphatic carbocycles. The Morgan fingerprint density at radius 2 is 1.79 bits per heavy atom. The van der Waals surface area contributed by atoms with Crippen LogP contribution in [0.4, 0.5) is 13.2 Å². The summed E-state index contributed by atoms with van der Waals surface area (Å²) in [5.41, 5.74) is -0.404. The van der Waals surface area contributed by atoms with Gasteiger partial charge >= 0.3 is 0 Å². The van der Waals surface area contributed by atoms with Gasteiger partial charge in [-0.2, -0.15) is 11.8 Å². The number of halogens is 3. The Hall–Kier alpha value is -0.970. The summed E-state index contributed by atoms with van der Waals surface area (Å²) in [6.45, 7) is 0. The molecule has 1 rings (SSSR count). The molecule has 0 unspecified atom stereocenters. The average molecular weight is 220 g/mol. The van der Waals surface area contributed by atoms with Gasteiger partial charge in [-0.3, -0.25) is 4.79 Å². The van der Waals surface area contributed by atoms with Gasteiger partial charge in [-0.15, -0.1) is 0 Å². The standard InChI is InChI=1S/C9H7F3OS/c1-14-4-9(13)5-2-7(11)8(12)3-6(5)10/h2-3H,4H2,1H3. The summed E-state index contributed by atoms with van der Waals surface area (Å²) in [4.78, 5) is 11.2. The normalized spacial score (nSPS) is 10.3. The largest absolute Gasteiger partial charge is 0.293 e. The molecule has 0 N–H and O–H groups in total. The lowest BCUT2D eigenvalue weighted by Gasteiger charge is -2.01. The number of ketones is 1. The van der Waals surface area contributed by atoms with Gasteiger partial charge in [-0.1, -0.05) is 0 Å². The number of hydrogen-bond donors (Lipinski definition) is 0. The van der Waals surface area contributed by atoms with Crippen LogP contribution >= 0.6 is 11.8 Å². The second-order valence-electron chi connectivity index (χ2n) is 2.60. The molecule has 0 aliphatic rings. The van der Waals surface area contributed by atoms with Gasteiger partial charge in [0, 0.05) is 6.07 Å². The SMILES string of the molecule is CSCC(=O)c1cc(F)c(F)cc1F. The number of carbonyl (C=O) groups is 1. The third-order valence-corrected chi connectivity index (χ3v) is 2.14. The van der Waals surface area contributed by atoms with Gasteiger partial charge < -0.3 is 0 Å². The first-order valence-electron chi connectivity index (χ1n) is 3.73. The first-order valence-corrected chi connectivity index (χ1v) is 5.12. The Balaban J connectivity index is 3.09. The maximum Gasteiger partial charge on any atom is 0.175 e. The molecule has 1 nitrogen and oxygen atoms in total. The Kier molecular flexibility index (Phi) is 3.57. The molecule has 0 heterocycles. The van der Waals surface area contributed by atoms with Gasteiger partial charge in [0.05, 0.1) is 11.3 Å². The Bertz CT molecular complexity index is 365. The van der Waals surface area contributed by atoms with Crippen LogP contribution in [-0.4, -0.2) is 17.8 Å². The van der Waals surface area contributed by atoms with Crippen molar-refractivity contribution >= 4 is 17.5 Å².